The summed E-state index contributed by atoms with van der Waals surface area (Å²) in [5, 5.41) is 3.19. The van der Waals surface area contributed by atoms with Crippen LogP contribution < -0.4 is 14.8 Å². The third-order valence-corrected chi connectivity index (χ3v) is 6.81. The number of carbonyl (C=O) groups excluding carboxylic acids is 1. The van der Waals surface area contributed by atoms with Gasteiger partial charge in [-0.15, -0.1) is 0 Å². The SMILES string of the molecule is Cc1c(Cl)cccc1NS(=O)(=O)c1ccc(NC(=O)COc2ccccc2C(C)(C)C)cc1. The molecule has 8 heteroatoms. The van der Waals surface area contributed by atoms with Crippen LogP contribution in [0, 0.1) is 6.92 Å². The first-order chi connectivity index (χ1) is 15.5. The quantitative estimate of drug-likeness (QED) is 0.444. The first kappa shape index (κ1) is 24.6. The molecule has 0 aliphatic carbocycles. The van der Waals surface area contributed by atoms with Crippen LogP contribution in [0.1, 0.15) is 31.9 Å². The molecule has 6 nitrogen and oxygen atoms in total. The lowest BCUT2D eigenvalue weighted by Gasteiger charge is -2.22. The molecule has 33 heavy (non-hydrogen) atoms. The van der Waals surface area contributed by atoms with E-state index in [-0.39, 0.29) is 22.8 Å². The van der Waals surface area contributed by atoms with Crippen LogP contribution in [0.3, 0.4) is 0 Å². The summed E-state index contributed by atoms with van der Waals surface area (Å²) in [7, 11) is -3.81. The van der Waals surface area contributed by atoms with Gasteiger partial charge in [-0.25, -0.2) is 8.42 Å². The number of para-hydroxylation sites is 1. The molecule has 0 radical (unpaired) electrons. The van der Waals surface area contributed by atoms with Gasteiger partial charge in [-0.2, -0.15) is 0 Å². The molecule has 3 aromatic carbocycles. The van der Waals surface area contributed by atoms with Crippen molar-refractivity contribution in [3.8, 4) is 5.75 Å². The molecule has 0 fully saturated rings. The van der Waals surface area contributed by atoms with E-state index in [0.29, 0.717) is 27.7 Å². The first-order valence-electron chi connectivity index (χ1n) is 10.4. The fourth-order valence-electron chi connectivity index (χ4n) is 3.19. The van der Waals surface area contributed by atoms with Crippen LogP contribution in [0.25, 0.3) is 0 Å². The number of hydrogen-bond acceptors (Lipinski definition) is 4. The van der Waals surface area contributed by atoms with Gasteiger partial charge >= 0.3 is 0 Å². The average molecular weight is 487 g/mol. The van der Waals surface area contributed by atoms with Gasteiger partial charge in [0.1, 0.15) is 5.75 Å². The Labute approximate surface area is 200 Å². The average Bonchev–Trinajstić information content (AvgIpc) is 2.75. The lowest BCUT2D eigenvalue weighted by atomic mass is 9.86. The fourth-order valence-corrected chi connectivity index (χ4v) is 4.49. The third-order valence-electron chi connectivity index (χ3n) is 5.01. The third kappa shape index (κ3) is 6.27. The summed E-state index contributed by atoms with van der Waals surface area (Å²) >= 11 is 6.07. The fraction of sp³-hybridized carbons (Fsp3) is 0.240. The molecule has 3 rings (SSSR count). The molecule has 1 amide bonds. The minimum absolute atomic E-state index is 0.0650. The summed E-state index contributed by atoms with van der Waals surface area (Å²) in [4.78, 5) is 12.4. The van der Waals surface area contributed by atoms with Gasteiger partial charge in [-0.3, -0.25) is 9.52 Å². The molecule has 0 aromatic heterocycles. The number of anilines is 2. The topological polar surface area (TPSA) is 84.5 Å². The van der Waals surface area contributed by atoms with Gasteiger partial charge in [0.05, 0.1) is 10.6 Å². The second kappa shape index (κ2) is 9.85. The largest absolute Gasteiger partial charge is 0.483 e. The van der Waals surface area contributed by atoms with Crippen LogP contribution in [0.15, 0.2) is 71.6 Å². The van der Waals surface area contributed by atoms with Gasteiger partial charge in [0.15, 0.2) is 6.61 Å². The smallest absolute Gasteiger partial charge is 0.262 e. The highest BCUT2D eigenvalue weighted by molar-refractivity contribution is 7.92. The van der Waals surface area contributed by atoms with Gasteiger partial charge < -0.3 is 10.1 Å². The van der Waals surface area contributed by atoms with Crippen LogP contribution in [0.4, 0.5) is 11.4 Å². The second-order valence-electron chi connectivity index (χ2n) is 8.63. The minimum atomic E-state index is -3.81. The predicted molar refractivity (Wildman–Crippen MR) is 133 cm³/mol. The van der Waals surface area contributed by atoms with Crippen molar-refractivity contribution in [3.63, 3.8) is 0 Å². The number of nitrogens with one attached hydrogen (secondary N) is 2. The molecule has 0 bridgehead atoms. The van der Waals surface area contributed by atoms with Gasteiger partial charge in [0, 0.05) is 10.7 Å². The minimum Gasteiger partial charge on any atom is -0.483 e. The molecule has 0 aliphatic heterocycles. The highest BCUT2D eigenvalue weighted by Crippen LogP contribution is 2.31. The number of benzene rings is 3. The summed E-state index contributed by atoms with van der Waals surface area (Å²) < 4.78 is 33.7. The summed E-state index contributed by atoms with van der Waals surface area (Å²) in [6, 6.07) is 18.5. The van der Waals surface area contributed by atoms with Crippen molar-refractivity contribution in [2.45, 2.75) is 38.0 Å². The van der Waals surface area contributed by atoms with Crippen LogP contribution in [-0.4, -0.2) is 20.9 Å². The van der Waals surface area contributed by atoms with E-state index in [2.05, 4.69) is 30.8 Å². The maximum Gasteiger partial charge on any atom is 0.262 e. The number of halogens is 1. The Kier molecular flexibility index (Phi) is 7.34. The Morgan fingerprint density at radius 1 is 0.970 bits per heavy atom. The van der Waals surface area contributed by atoms with E-state index in [1.54, 1.807) is 25.1 Å². The Bertz CT molecular complexity index is 1250. The lowest BCUT2D eigenvalue weighted by molar-refractivity contribution is -0.118. The zero-order valence-corrected chi connectivity index (χ0v) is 20.5. The molecule has 2 N–H and O–H groups in total. The molecule has 0 saturated heterocycles. The van der Waals surface area contributed by atoms with Crippen molar-refractivity contribution in [2.75, 3.05) is 16.6 Å². The molecule has 0 spiro atoms. The van der Waals surface area contributed by atoms with Gasteiger partial charge in [-0.05, 0) is 65.9 Å². The molecule has 174 valence electrons. The summed E-state index contributed by atoms with van der Waals surface area (Å²) in [6.07, 6.45) is 0. The monoisotopic (exact) mass is 486 g/mol. The van der Waals surface area contributed by atoms with E-state index < -0.39 is 10.0 Å². The lowest BCUT2D eigenvalue weighted by Crippen LogP contribution is -2.22. The molecular formula is C25H27ClN2O4S. The van der Waals surface area contributed by atoms with Gasteiger partial charge in [-0.1, -0.05) is 56.6 Å². The van der Waals surface area contributed by atoms with Crippen molar-refractivity contribution in [1.82, 2.24) is 0 Å². The van der Waals surface area contributed by atoms with Gasteiger partial charge in [0.2, 0.25) is 0 Å². The predicted octanol–water partition coefficient (Wildman–Crippen LogP) is 5.76. The molecule has 3 aromatic rings. The van der Waals surface area contributed by atoms with Crippen molar-refractivity contribution >= 4 is 38.9 Å². The van der Waals surface area contributed by atoms with E-state index in [1.807, 2.05) is 24.3 Å². The number of sulfonamides is 1. The normalized spacial score (nSPS) is 11.7. The Hall–Kier alpha value is -3.03. The molecule has 0 saturated carbocycles. The molecule has 0 unspecified atom stereocenters. The standard InChI is InChI=1S/C25H27ClN2O4S/c1-17-21(26)9-7-10-22(17)28-33(30,31)19-14-12-18(13-15-19)27-24(29)16-32-23-11-6-5-8-20(23)25(2,3)4/h5-15,28H,16H2,1-4H3,(H,27,29). The Morgan fingerprint density at radius 3 is 2.30 bits per heavy atom. The van der Waals surface area contributed by atoms with Gasteiger partial charge in [0.25, 0.3) is 15.9 Å². The second-order valence-corrected chi connectivity index (χ2v) is 10.7. The zero-order chi connectivity index (χ0) is 24.2. The van der Waals surface area contributed by atoms with Crippen LogP contribution in [0.2, 0.25) is 5.02 Å². The summed E-state index contributed by atoms with van der Waals surface area (Å²) in [5.74, 6) is 0.311. The van der Waals surface area contributed by atoms with E-state index in [1.165, 1.54) is 24.3 Å². The zero-order valence-electron chi connectivity index (χ0n) is 19.0. The van der Waals surface area contributed by atoms with Crippen LogP contribution >= 0.6 is 11.6 Å². The Balaban J connectivity index is 1.64. The number of hydrogen-bond donors (Lipinski definition) is 2. The van der Waals surface area contributed by atoms with E-state index in [4.69, 9.17) is 16.3 Å². The van der Waals surface area contributed by atoms with Crippen LogP contribution in [-0.2, 0) is 20.2 Å². The summed E-state index contributed by atoms with van der Waals surface area (Å²) in [6.45, 7) is 7.80. The molecule has 0 heterocycles. The number of amides is 1. The first-order valence-corrected chi connectivity index (χ1v) is 12.2. The van der Waals surface area contributed by atoms with Crippen molar-refractivity contribution < 1.29 is 17.9 Å². The highest BCUT2D eigenvalue weighted by atomic mass is 35.5. The molecular weight excluding hydrogens is 460 g/mol. The summed E-state index contributed by atoms with van der Waals surface area (Å²) in [5.41, 5.74) is 2.40. The highest BCUT2D eigenvalue weighted by Gasteiger charge is 2.19. The van der Waals surface area contributed by atoms with Crippen molar-refractivity contribution in [2.24, 2.45) is 0 Å². The van der Waals surface area contributed by atoms with E-state index >= 15 is 0 Å². The molecule has 0 atom stereocenters. The maximum absolute atomic E-state index is 12.7. The number of carbonyl (C=O) groups is 1. The van der Waals surface area contributed by atoms with E-state index in [9.17, 15) is 13.2 Å². The van der Waals surface area contributed by atoms with Crippen molar-refractivity contribution in [1.29, 1.82) is 0 Å². The maximum atomic E-state index is 12.7. The van der Waals surface area contributed by atoms with Crippen LogP contribution in [0.5, 0.6) is 5.75 Å². The van der Waals surface area contributed by atoms with Crippen molar-refractivity contribution in [3.05, 3.63) is 82.9 Å². The number of rotatable bonds is 7. The Morgan fingerprint density at radius 2 is 1.64 bits per heavy atom. The van der Waals surface area contributed by atoms with E-state index in [0.717, 1.165) is 5.56 Å². The number of ether oxygens (including phenoxy) is 1. The molecule has 0 aliphatic rings.